The van der Waals surface area contributed by atoms with Crippen molar-refractivity contribution in [2.75, 3.05) is 24.6 Å². The van der Waals surface area contributed by atoms with E-state index in [9.17, 15) is 9.59 Å². The molecule has 0 saturated carbocycles. The lowest BCUT2D eigenvalue weighted by Crippen LogP contribution is -2.37. The molecule has 0 radical (unpaired) electrons. The first kappa shape index (κ1) is 14.7. The molecule has 0 aromatic heterocycles. The molecule has 5 heteroatoms. The fourth-order valence-electron chi connectivity index (χ4n) is 2.06. The number of carboxylic acid groups (broad SMARTS) is 1. The fourth-order valence-corrected chi connectivity index (χ4v) is 2.97. The van der Waals surface area contributed by atoms with Gasteiger partial charge in [-0.15, -0.1) is 0 Å². The first-order valence-corrected chi connectivity index (χ1v) is 7.62. The van der Waals surface area contributed by atoms with Crippen molar-refractivity contribution in [2.24, 2.45) is 0 Å². The van der Waals surface area contributed by atoms with Gasteiger partial charge in [-0.25, -0.2) is 4.79 Å². The van der Waals surface area contributed by atoms with Crippen molar-refractivity contribution < 1.29 is 14.7 Å². The van der Waals surface area contributed by atoms with Crippen LogP contribution in [0, 0.1) is 6.92 Å². The van der Waals surface area contributed by atoms with Crippen LogP contribution < -0.4 is 0 Å². The second-order valence-electron chi connectivity index (χ2n) is 4.65. The van der Waals surface area contributed by atoms with E-state index in [4.69, 9.17) is 5.11 Å². The highest BCUT2D eigenvalue weighted by atomic mass is 32.2. The maximum atomic E-state index is 12.4. The van der Waals surface area contributed by atoms with E-state index in [0.717, 1.165) is 41.8 Å². The summed E-state index contributed by atoms with van der Waals surface area (Å²) in [6.07, 6.45) is 2.62. The van der Waals surface area contributed by atoms with Crippen molar-refractivity contribution in [2.45, 2.75) is 6.92 Å². The first-order chi connectivity index (χ1) is 9.58. The molecule has 20 heavy (non-hydrogen) atoms. The molecular weight excluding hydrogens is 274 g/mol. The van der Waals surface area contributed by atoms with Crippen LogP contribution in [-0.4, -0.2) is 46.5 Å². The lowest BCUT2D eigenvalue weighted by Gasteiger charge is -2.26. The van der Waals surface area contributed by atoms with Crippen LogP contribution in [0.5, 0.6) is 0 Å². The summed E-state index contributed by atoms with van der Waals surface area (Å²) in [5.74, 6) is 0.983. The molecule has 1 aliphatic rings. The SMILES string of the molecule is Cc1ccc(C(=O)N2CCSCC2)cc1/C=C/C(=O)O. The molecule has 1 fully saturated rings. The number of hydrogen-bond acceptors (Lipinski definition) is 3. The number of thioether (sulfide) groups is 1. The van der Waals surface area contributed by atoms with E-state index >= 15 is 0 Å². The Labute approximate surface area is 122 Å². The number of aliphatic carboxylic acids is 1. The smallest absolute Gasteiger partial charge is 0.328 e. The number of rotatable bonds is 3. The molecule has 0 unspecified atom stereocenters. The van der Waals surface area contributed by atoms with Gasteiger partial charge in [0.2, 0.25) is 0 Å². The van der Waals surface area contributed by atoms with E-state index in [-0.39, 0.29) is 5.91 Å². The van der Waals surface area contributed by atoms with Crippen LogP contribution in [0.15, 0.2) is 24.3 Å². The molecular formula is C15H17NO3S. The van der Waals surface area contributed by atoms with Gasteiger partial charge in [0, 0.05) is 36.2 Å². The number of nitrogens with zero attached hydrogens (tertiary/aromatic N) is 1. The third kappa shape index (κ3) is 3.63. The number of aryl methyl sites for hydroxylation is 1. The minimum Gasteiger partial charge on any atom is -0.478 e. The predicted molar refractivity (Wildman–Crippen MR) is 81.1 cm³/mol. The number of carboxylic acids is 1. The Morgan fingerprint density at radius 2 is 2.00 bits per heavy atom. The second kappa shape index (κ2) is 6.61. The highest BCUT2D eigenvalue weighted by Gasteiger charge is 2.18. The molecule has 0 spiro atoms. The van der Waals surface area contributed by atoms with Crippen molar-refractivity contribution in [3.63, 3.8) is 0 Å². The first-order valence-electron chi connectivity index (χ1n) is 6.46. The van der Waals surface area contributed by atoms with Crippen LogP contribution in [0.3, 0.4) is 0 Å². The lowest BCUT2D eigenvalue weighted by atomic mass is 10.0. The molecule has 0 aliphatic carbocycles. The highest BCUT2D eigenvalue weighted by Crippen LogP contribution is 2.17. The molecule has 1 aromatic carbocycles. The largest absolute Gasteiger partial charge is 0.478 e. The van der Waals surface area contributed by atoms with E-state index < -0.39 is 5.97 Å². The van der Waals surface area contributed by atoms with Crippen LogP contribution in [0.25, 0.3) is 6.08 Å². The molecule has 1 heterocycles. The van der Waals surface area contributed by atoms with Crippen molar-refractivity contribution >= 4 is 29.7 Å². The van der Waals surface area contributed by atoms with Crippen molar-refractivity contribution in [3.05, 3.63) is 41.0 Å². The van der Waals surface area contributed by atoms with Crippen LogP contribution >= 0.6 is 11.8 Å². The van der Waals surface area contributed by atoms with Crippen molar-refractivity contribution in [3.8, 4) is 0 Å². The summed E-state index contributed by atoms with van der Waals surface area (Å²) in [6, 6.07) is 5.42. The normalized spacial score (nSPS) is 15.6. The molecule has 1 N–H and O–H groups in total. The third-order valence-corrected chi connectivity index (χ3v) is 4.17. The second-order valence-corrected chi connectivity index (χ2v) is 5.87. The number of amides is 1. The van der Waals surface area contributed by atoms with Gasteiger partial charge in [-0.3, -0.25) is 4.79 Å². The van der Waals surface area contributed by atoms with Gasteiger partial charge >= 0.3 is 5.97 Å². The zero-order valence-electron chi connectivity index (χ0n) is 11.3. The Morgan fingerprint density at radius 3 is 2.65 bits per heavy atom. The molecule has 0 atom stereocenters. The lowest BCUT2D eigenvalue weighted by molar-refractivity contribution is -0.131. The number of carbonyl (C=O) groups excluding carboxylic acids is 1. The fraction of sp³-hybridized carbons (Fsp3) is 0.333. The maximum Gasteiger partial charge on any atom is 0.328 e. The molecule has 2 rings (SSSR count). The average molecular weight is 291 g/mol. The van der Waals surface area contributed by atoms with Gasteiger partial charge in [0.05, 0.1) is 0 Å². The quantitative estimate of drug-likeness (QED) is 0.868. The van der Waals surface area contributed by atoms with Crippen LogP contribution in [0.2, 0.25) is 0 Å². The van der Waals surface area contributed by atoms with Gasteiger partial charge in [-0.2, -0.15) is 11.8 Å². The molecule has 1 amide bonds. The minimum atomic E-state index is -0.991. The zero-order valence-corrected chi connectivity index (χ0v) is 12.2. The van der Waals surface area contributed by atoms with Gasteiger partial charge in [0.15, 0.2) is 0 Å². The Hall–Kier alpha value is -1.75. The van der Waals surface area contributed by atoms with Gasteiger partial charge in [-0.05, 0) is 36.3 Å². The Kier molecular flexibility index (Phi) is 4.84. The number of carbonyl (C=O) groups is 2. The summed E-state index contributed by atoms with van der Waals surface area (Å²) >= 11 is 1.86. The Balaban J connectivity index is 2.21. The van der Waals surface area contributed by atoms with Crippen LogP contribution in [0.1, 0.15) is 21.5 Å². The summed E-state index contributed by atoms with van der Waals surface area (Å²) in [5, 5.41) is 8.68. The number of benzene rings is 1. The average Bonchev–Trinajstić information content (AvgIpc) is 2.46. The molecule has 0 bridgehead atoms. The van der Waals surface area contributed by atoms with Gasteiger partial charge in [0.25, 0.3) is 5.91 Å². The van der Waals surface area contributed by atoms with E-state index in [1.54, 1.807) is 12.1 Å². The van der Waals surface area contributed by atoms with Gasteiger partial charge < -0.3 is 10.0 Å². The molecule has 1 aromatic rings. The highest BCUT2D eigenvalue weighted by molar-refractivity contribution is 7.99. The molecule has 1 aliphatic heterocycles. The van der Waals surface area contributed by atoms with E-state index in [2.05, 4.69) is 0 Å². The molecule has 106 valence electrons. The Bertz CT molecular complexity index is 548. The molecule has 4 nitrogen and oxygen atoms in total. The third-order valence-electron chi connectivity index (χ3n) is 3.23. The predicted octanol–water partition coefficient (Wildman–Crippen LogP) is 2.28. The summed E-state index contributed by atoms with van der Waals surface area (Å²) in [7, 11) is 0. The van der Waals surface area contributed by atoms with E-state index in [1.807, 2.05) is 29.7 Å². The maximum absolute atomic E-state index is 12.4. The van der Waals surface area contributed by atoms with E-state index in [1.165, 1.54) is 6.08 Å². The number of hydrogen-bond donors (Lipinski definition) is 1. The van der Waals surface area contributed by atoms with Crippen LogP contribution in [-0.2, 0) is 4.79 Å². The standard InChI is InChI=1S/C15H17NO3S/c1-11-2-3-13(10-12(11)4-5-14(17)18)15(19)16-6-8-20-9-7-16/h2-5,10H,6-9H2,1H3,(H,17,18)/b5-4+. The summed E-state index contributed by atoms with van der Waals surface area (Å²) in [6.45, 7) is 3.45. The zero-order chi connectivity index (χ0) is 14.5. The van der Waals surface area contributed by atoms with Crippen LogP contribution in [0.4, 0.5) is 0 Å². The minimum absolute atomic E-state index is 0.0234. The topological polar surface area (TPSA) is 57.6 Å². The van der Waals surface area contributed by atoms with Crippen molar-refractivity contribution in [1.29, 1.82) is 0 Å². The van der Waals surface area contributed by atoms with Crippen molar-refractivity contribution in [1.82, 2.24) is 4.90 Å². The monoisotopic (exact) mass is 291 g/mol. The summed E-state index contributed by atoms with van der Waals surface area (Å²) < 4.78 is 0. The molecule has 1 saturated heterocycles. The van der Waals surface area contributed by atoms with Gasteiger partial charge in [-0.1, -0.05) is 6.07 Å². The Morgan fingerprint density at radius 1 is 1.30 bits per heavy atom. The van der Waals surface area contributed by atoms with Gasteiger partial charge in [0.1, 0.15) is 0 Å². The van der Waals surface area contributed by atoms with E-state index in [0.29, 0.717) is 5.56 Å². The summed E-state index contributed by atoms with van der Waals surface area (Å²) in [4.78, 5) is 24.8. The summed E-state index contributed by atoms with van der Waals surface area (Å²) in [5.41, 5.74) is 2.34.